The van der Waals surface area contributed by atoms with Crippen LogP contribution in [0.4, 0.5) is 0 Å². The number of rotatable bonds is 9. The summed E-state index contributed by atoms with van der Waals surface area (Å²) in [5.74, 6) is -0.292. The predicted molar refractivity (Wildman–Crippen MR) is 117 cm³/mol. The number of allylic oxidation sites excluding steroid dienone is 1. The Morgan fingerprint density at radius 3 is 2.53 bits per heavy atom. The van der Waals surface area contributed by atoms with Gasteiger partial charge in [-0.15, -0.1) is 5.10 Å². The normalized spacial score (nSPS) is 11.1. The minimum Gasteiger partial charge on any atom is -0.478 e. The molecule has 30 heavy (non-hydrogen) atoms. The van der Waals surface area contributed by atoms with Crippen LogP contribution in [0.15, 0.2) is 54.6 Å². The average molecular weight is 403 g/mol. The molecule has 0 aliphatic heterocycles. The molecule has 0 spiro atoms. The summed E-state index contributed by atoms with van der Waals surface area (Å²) in [6, 6.07) is 14.8. The van der Waals surface area contributed by atoms with Gasteiger partial charge in [0, 0.05) is 6.42 Å². The van der Waals surface area contributed by atoms with Crippen molar-refractivity contribution in [3.05, 3.63) is 77.4 Å². The van der Waals surface area contributed by atoms with Gasteiger partial charge in [-0.05, 0) is 41.7 Å². The molecule has 3 aromatic rings. The van der Waals surface area contributed by atoms with Crippen LogP contribution in [0.25, 0.3) is 17.2 Å². The topological polar surface area (TPSA) is 85.1 Å². The minimum atomic E-state index is -0.987. The first kappa shape index (κ1) is 21.2. The molecule has 1 heterocycles. The monoisotopic (exact) mass is 403 g/mol. The van der Waals surface area contributed by atoms with Crippen LogP contribution in [0.3, 0.4) is 0 Å². The van der Waals surface area contributed by atoms with Crippen molar-refractivity contribution in [1.82, 2.24) is 14.8 Å². The number of benzene rings is 2. The second-order valence-corrected chi connectivity index (χ2v) is 6.99. The molecular weight excluding hydrogens is 378 g/mol. The molecule has 0 saturated carbocycles. The molecule has 1 aromatic heterocycles. The van der Waals surface area contributed by atoms with Gasteiger partial charge in [0.05, 0.1) is 12.1 Å². The standard InChI is InChI=1S/C24H25N3O3/c1-3-5-12-22-25-23(21(28)9-4-2)26-27(22)16-17-13-14-19(20(15-17)24(29)30)18-10-7-6-8-11-18/h5-8,10-15H,3-4,9,16H2,1-2H3,(H,29,30). The maximum atomic E-state index is 12.2. The molecule has 3 rings (SSSR count). The lowest BCUT2D eigenvalue weighted by Crippen LogP contribution is -2.08. The van der Waals surface area contributed by atoms with Gasteiger partial charge in [0.2, 0.25) is 11.6 Å². The first-order chi connectivity index (χ1) is 14.5. The van der Waals surface area contributed by atoms with Gasteiger partial charge < -0.3 is 5.11 Å². The van der Waals surface area contributed by atoms with E-state index in [0.29, 0.717) is 24.4 Å². The van der Waals surface area contributed by atoms with Crippen molar-refractivity contribution in [1.29, 1.82) is 0 Å². The van der Waals surface area contributed by atoms with Gasteiger partial charge in [0.25, 0.3) is 0 Å². The molecule has 0 amide bonds. The zero-order chi connectivity index (χ0) is 21.5. The number of carbonyl (C=O) groups is 2. The molecule has 0 saturated heterocycles. The third-order valence-electron chi connectivity index (χ3n) is 4.66. The van der Waals surface area contributed by atoms with E-state index in [0.717, 1.165) is 24.0 Å². The van der Waals surface area contributed by atoms with Crippen LogP contribution in [0.2, 0.25) is 0 Å². The number of nitrogens with zero attached hydrogens (tertiary/aromatic N) is 3. The van der Waals surface area contributed by atoms with Crippen LogP contribution in [-0.2, 0) is 6.54 Å². The molecule has 6 nitrogen and oxygen atoms in total. The van der Waals surface area contributed by atoms with Gasteiger partial charge in [-0.2, -0.15) is 0 Å². The van der Waals surface area contributed by atoms with E-state index in [1.807, 2.05) is 68.5 Å². The van der Waals surface area contributed by atoms with Crippen LogP contribution >= 0.6 is 0 Å². The highest BCUT2D eigenvalue weighted by Gasteiger charge is 2.17. The van der Waals surface area contributed by atoms with Crippen LogP contribution in [0.1, 0.15) is 65.5 Å². The summed E-state index contributed by atoms with van der Waals surface area (Å²) in [7, 11) is 0. The molecule has 0 radical (unpaired) electrons. The predicted octanol–water partition coefficient (Wildman–Crippen LogP) is 5.10. The van der Waals surface area contributed by atoms with Crippen molar-refractivity contribution in [2.24, 2.45) is 0 Å². The highest BCUT2D eigenvalue weighted by atomic mass is 16.4. The van der Waals surface area contributed by atoms with Gasteiger partial charge in [-0.25, -0.2) is 14.5 Å². The highest BCUT2D eigenvalue weighted by Crippen LogP contribution is 2.25. The van der Waals surface area contributed by atoms with Gasteiger partial charge in [-0.1, -0.05) is 62.4 Å². The fourth-order valence-corrected chi connectivity index (χ4v) is 3.18. The Kier molecular flexibility index (Phi) is 6.91. The van der Waals surface area contributed by atoms with Gasteiger partial charge in [0.15, 0.2) is 5.82 Å². The summed E-state index contributed by atoms with van der Waals surface area (Å²) in [4.78, 5) is 28.5. The molecule has 1 N–H and O–H groups in total. The van der Waals surface area contributed by atoms with Gasteiger partial charge >= 0.3 is 5.97 Å². The molecule has 0 bridgehead atoms. The molecule has 0 unspecified atom stereocenters. The average Bonchev–Trinajstić information content (AvgIpc) is 3.15. The number of aromatic nitrogens is 3. The van der Waals surface area contributed by atoms with Gasteiger partial charge in [0.1, 0.15) is 0 Å². The van der Waals surface area contributed by atoms with E-state index < -0.39 is 5.97 Å². The van der Waals surface area contributed by atoms with Crippen molar-refractivity contribution in [2.75, 3.05) is 0 Å². The third-order valence-corrected chi connectivity index (χ3v) is 4.66. The Labute approximate surface area is 175 Å². The Bertz CT molecular complexity index is 1070. The molecule has 0 atom stereocenters. The SMILES string of the molecule is CCC=Cc1nc(C(=O)CCC)nn1Cc1ccc(-c2ccccc2)c(C(=O)O)c1. The van der Waals surface area contributed by atoms with Crippen LogP contribution in [0, 0.1) is 0 Å². The number of carboxylic acids is 1. The number of hydrogen-bond acceptors (Lipinski definition) is 4. The van der Waals surface area contributed by atoms with E-state index in [2.05, 4.69) is 10.1 Å². The summed E-state index contributed by atoms with van der Waals surface area (Å²) in [6.07, 6.45) is 5.76. The van der Waals surface area contributed by atoms with Crippen molar-refractivity contribution >= 4 is 17.8 Å². The molecule has 0 fully saturated rings. The number of ketones is 1. The highest BCUT2D eigenvalue weighted by molar-refractivity contribution is 5.96. The largest absolute Gasteiger partial charge is 0.478 e. The lowest BCUT2D eigenvalue weighted by molar-refractivity contribution is 0.0697. The second kappa shape index (κ2) is 9.78. The lowest BCUT2D eigenvalue weighted by atomic mass is 9.97. The summed E-state index contributed by atoms with van der Waals surface area (Å²) in [6.45, 7) is 4.28. The van der Waals surface area contributed by atoms with Crippen molar-refractivity contribution in [2.45, 2.75) is 39.7 Å². The Balaban J connectivity index is 1.97. The van der Waals surface area contributed by atoms with Gasteiger partial charge in [-0.3, -0.25) is 4.79 Å². The zero-order valence-electron chi connectivity index (χ0n) is 17.2. The van der Waals surface area contributed by atoms with E-state index in [1.165, 1.54) is 0 Å². The van der Waals surface area contributed by atoms with Crippen LogP contribution in [-0.4, -0.2) is 31.6 Å². The maximum Gasteiger partial charge on any atom is 0.336 e. The number of aromatic carboxylic acids is 1. The first-order valence-corrected chi connectivity index (χ1v) is 10.1. The lowest BCUT2D eigenvalue weighted by Gasteiger charge is -2.10. The Morgan fingerprint density at radius 1 is 1.10 bits per heavy atom. The molecule has 0 aliphatic rings. The van der Waals surface area contributed by atoms with Crippen molar-refractivity contribution in [3.8, 4) is 11.1 Å². The summed E-state index contributed by atoms with van der Waals surface area (Å²) in [5.41, 5.74) is 2.51. The molecule has 154 valence electrons. The Morgan fingerprint density at radius 2 is 1.87 bits per heavy atom. The van der Waals surface area contributed by atoms with E-state index in [-0.39, 0.29) is 17.2 Å². The fraction of sp³-hybridized carbons (Fsp3) is 0.250. The van der Waals surface area contributed by atoms with E-state index in [1.54, 1.807) is 10.7 Å². The fourth-order valence-electron chi connectivity index (χ4n) is 3.18. The molecule has 6 heteroatoms. The van der Waals surface area contributed by atoms with E-state index in [9.17, 15) is 14.7 Å². The molecule has 0 aliphatic carbocycles. The summed E-state index contributed by atoms with van der Waals surface area (Å²) in [5, 5.41) is 14.1. The van der Waals surface area contributed by atoms with E-state index >= 15 is 0 Å². The summed E-state index contributed by atoms with van der Waals surface area (Å²) < 4.78 is 1.65. The van der Waals surface area contributed by atoms with Crippen molar-refractivity contribution in [3.63, 3.8) is 0 Å². The Hall–Kier alpha value is -3.54. The number of carboxylic acid groups (broad SMARTS) is 1. The smallest absolute Gasteiger partial charge is 0.336 e. The minimum absolute atomic E-state index is 0.0898. The van der Waals surface area contributed by atoms with Crippen LogP contribution < -0.4 is 0 Å². The summed E-state index contributed by atoms with van der Waals surface area (Å²) >= 11 is 0. The quantitative estimate of drug-likeness (QED) is 0.503. The number of Topliss-reactive ketones (excluding diaryl/α,β-unsaturated/α-hetero) is 1. The van der Waals surface area contributed by atoms with Crippen LogP contribution in [0.5, 0.6) is 0 Å². The maximum absolute atomic E-state index is 12.2. The molecular formula is C24H25N3O3. The number of hydrogen-bond donors (Lipinski definition) is 1. The van der Waals surface area contributed by atoms with E-state index in [4.69, 9.17) is 0 Å². The zero-order valence-corrected chi connectivity index (χ0v) is 17.2. The second-order valence-electron chi connectivity index (χ2n) is 6.99. The third kappa shape index (κ3) is 4.89. The molecule has 2 aromatic carbocycles. The number of carbonyl (C=O) groups excluding carboxylic acids is 1. The first-order valence-electron chi connectivity index (χ1n) is 10.1. The van der Waals surface area contributed by atoms with Crippen molar-refractivity contribution < 1.29 is 14.7 Å².